The van der Waals surface area contributed by atoms with E-state index in [0.717, 1.165) is 25.7 Å². The molecular weight excluding hydrogens is 408 g/mol. The number of carbonyl (C=O) groups is 1. The van der Waals surface area contributed by atoms with Crippen LogP contribution in [0.25, 0.3) is 11.0 Å². The van der Waals surface area contributed by atoms with Crippen LogP contribution in [0.4, 0.5) is 0 Å². The van der Waals surface area contributed by atoms with Gasteiger partial charge in [-0.15, -0.1) is 0 Å². The summed E-state index contributed by atoms with van der Waals surface area (Å²) < 4.78 is 13.9. The maximum Gasteiger partial charge on any atom is 0.343 e. The molecule has 1 saturated carbocycles. The van der Waals surface area contributed by atoms with Crippen LogP contribution in [0.15, 0.2) is 29.3 Å². The zero-order valence-electron chi connectivity index (χ0n) is 19.9. The highest BCUT2D eigenvalue weighted by Gasteiger charge is 2.44. The normalized spacial score (nSPS) is 22.5. The van der Waals surface area contributed by atoms with Crippen molar-refractivity contribution in [2.75, 3.05) is 6.61 Å². The molecule has 7 heteroatoms. The van der Waals surface area contributed by atoms with E-state index < -0.39 is 14.3 Å². The second kappa shape index (κ2) is 8.51. The first kappa shape index (κ1) is 23.7. The first-order chi connectivity index (χ1) is 14.4. The molecule has 0 bridgehead atoms. The molecule has 0 spiro atoms. The summed E-state index contributed by atoms with van der Waals surface area (Å²) in [6, 6.07) is 3.62. The topological polar surface area (TPSA) is 70.4 Å². The number of carbonyl (C=O) groups excluding carboxylic acids is 1. The average Bonchev–Trinajstić information content (AvgIpc) is 2.68. The second-order valence-corrected chi connectivity index (χ2v) is 15.1. The Hall–Kier alpha value is -1.99. The van der Waals surface area contributed by atoms with Crippen LogP contribution in [0.2, 0.25) is 18.1 Å². The van der Waals surface area contributed by atoms with Crippen LogP contribution in [0.3, 0.4) is 0 Å². The monoisotopic (exact) mass is 444 g/mol. The number of aromatic nitrogens is 2. The van der Waals surface area contributed by atoms with Gasteiger partial charge >= 0.3 is 5.97 Å². The molecule has 0 amide bonds. The molecule has 170 valence electrons. The molecule has 6 nitrogen and oxygen atoms in total. The number of rotatable bonds is 5. The third-order valence-electron chi connectivity index (χ3n) is 7.00. The van der Waals surface area contributed by atoms with E-state index in [1.165, 1.54) is 0 Å². The van der Waals surface area contributed by atoms with Crippen molar-refractivity contribution in [2.45, 2.75) is 90.1 Å². The van der Waals surface area contributed by atoms with Crippen molar-refractivity contribution in [3.8, 4) is 0 Å². The van der Waals surface area contributed by atoms with E-state index in [-0.39, 0.29) is 34.3 Å². The fourth-order valence-corrected chi connectivity index (χ4v) is 5.92. The summed E-state index contributed by atoms with van der Waals surface area (Å²) in [6.07, 6.45) is 7.01. The Morgan fingerprint density at radius 1 is 1.29 bits per heavy atom. The maximum atomic E-state index is 12.9. The lowest BCUT2D eigenvalue weighted by Crippen LogP contribution is -2.50. The van der Waals surface area contributed by atoms with Gasteiger partial charge in [-0.05, 0) is 69.8 Å². The number of hydrogen-bond acceptors (Lipinski definition) is 5. The highest BCUT2D eigenvalue weighted by Crippen LogP contribution is 2.44. The van der Waals surface area contributed by atoms with E-state index in [2.05, 4.69) is 45.8 Å². The van der Waals surface area contributed by atoms with Crippen LogP contribution in [-0.2, 0) is 9.16 Å². The Balaban J connectivity index is 1.91. The molecule has 2 heterocycles. The van der Waals surface area contributed by atoms with Gasteiger partial charge in [0, 0.05) is 18.4 Å². The van der Waals surface area contributed by atoms with Gasteiger partial charge < -0.3 is 13.7 Å². The van der Waals surface area contributed by atoms with Crippen molar-refractivity contribution in [1.29, 1.82) is 0 Å². The Bertz CT molecular complexity index is 1010. The molecule has 1 aliphatic rings. The second-order valence-electron chi connectivity index (χ2n) is 10.4. The third-order valence-corrected chi connectivity index (χ3v) is 11.6. The predicted molar refractivity (Wildman–Crippen MR) is 126 cm³/mol. The van der Waals surface area contributed by atoms with Gasteiger partial charge in [-0.1, -0.05) is 20.8 Å². The largest absolute Gasteiger partial charge is 0.462 e. The van der Waals surface area contributed by atoms with Gasteiger partial charge in [0.15, 0.2) is 8.32 Å². The van der Waals surface area contributed by atoms with Crippen LogP contribution in [0, 0.1) is 0 Å². The molecule has 0 aliphatic heterocycles. The Morgan fingerprint density at radius 2 is 1.94 bits per heavy atom. The molecule has 0 N–H and O–H groups in total. The number of ether oxygens (including phenoxy) is 1. The smallest absolute Gasteiger partial charge is 0.343 e. The summed E-state index contributed by atoms with van der Waals surface area (Å²) >= 11 is 0. The Kier molecular flexibility index (Phi) is 6.49. The number of esters is 1. The highest BCUT2D eigenvalue weighted by atomic mass is 28.4. The summed E-state index contributed by atoms with van der Waals surface area (Å²) in [7, 11) is -1.87. The molecule has 0 atom stereocenters. The van der Waals surface area contributed by atoms with E-state index in [9.17, 15) is 9.59 Å². The minimum Gasteiger partial charge on any atom is -0.462 e. The number of pyridine rings is 2. The SMILES string of the molecule is CCOC(=O)c1cn(C2CCC(C)(O[Si](C)(C)C(C)(C)C)CC2)c2ncccc2c1=O. The average molecular weight is 445 g/mol. The molecule has 2 aromatic heterocycles. The molecular formula is C24H36N2O4Si. The first-order valence-electron chi connectivity index (χ1n) is 11.3. The van der Waals surface area contributed by atoms with Gasteiger partial charge in [0.1, 0.15) is 11.2 Å². The minimum absolute atomic E-state index is 0.0770. The molecule has 0 saturated heterocycles. The third kappa shape index (κ3) is 4.77. The van der Waals surface area contributed by atoms with Crippen LogP contribution in [0.1, 0.15) is 76.7 Å². The van der Waals surface area contributed by atoms with Gasteiger partial charge in [-0.2, -0.15) is 0 Å². The molecule has 31 heavy (non-hydrogen) atoms. The number of fused-ring (bicyclic) bond motifs is 1. The summed E-state index contributed by atoms with van der Waals surface area (Å²) in [4.78, 5) is 29.8. The molecule has 1 fully saturated rings. The fraction of sp³-hybridized carbons (Fsp3) is 0.625. The van der Waals surface area contributed by atoms with Gasteiger partial charge in [0.05, 0.1) is 17.6 Å². The van der Waals surface area contributed by atoms with Crippen LogP contribution >= 0.6 is 0 Å². The standard InChI is InChI=1S/C24H36N2O4Si/c1-8-29-22(28)19-16-26(21-18(20(19)27)10-9-15-25-21)17-11-13-24(5,14-12-17)30-31(6,7)23(2,3)4/h9-10,15-17H,8,11-14H2,1-7H3. The number of hydrogen-bond donors (Lipinski definition) is 0. The Morgan fingerprint density at radius 3 is 2.52 bits per heavy atom. The summed E-state index contributed by atoms with van der Waals surface area (Å²) in [5, 5.41) is 0.624. The van der Waals surface area contributed by atoms with Crippen molar-refractivity contribution in [2.24, 2.45) is 0 Å². The lowest BCUT2D eigenvalue weighted by Gasteiger charge is -2.47. The van der Waals surface area contributed by atoms with E-state index in [0.29, 0.717) is 11.0 Å². The summed E-state index contributed by atoms with van der Waals surface area (Å²) in [5.74, 6) is -0.575. The van der Waals surface area contributed by atoms with E-state index in [1.54, 1.807) is 31.5 Å². The Labute approximate surface area is 186 Å². The number of nitrogens with zero attached hydrogens (tertiary/aromatic N) is 2. The molecule has 0 radical (unpaired) electrons. The predicted octanol–water partition coefficient (Wildman–Crippen LogP) is 5.47. The van der Waals surface area contributed by atoms with Crippen molar-refractivity contribution < 1.29 is 14.0 Å². The maximum absolute atomic E-state index is 12.9. The van der Waals surface area contributed by atoms with Crippen molar-refractivity contribution in [3.05, 3.63) is 40.3 Å². The van der Waals surface area contributed by atoms with Gasteiger partial charge in [0.25, 0.3) is 0 Å². The highest BCUT2D eigenvalue weighted by molar-refractivity contribution is 6.74. The van der Waals surface area contributed by atoms with Crippen LogP contribution in [-0.4, -0.2) is 36.0 Å². The zero-order chi connectivity index (χ0) is 23.0. The van der Waals surface area contributed by atoms with E-state index in [4.69, 9.17) is 9.16 Å². The van der Waals surface area contributed by atoms with Crippen molar-refractivity contribution in [1.82, 2.24) is 9.55 Å². The molecule has 1 aliphatic carbocycles. The lowest BCUT2D eigenvalue weighted by atomic mass is 9.83. The first-order valence-corrected chi connectivity index (χ1v) is 14.2. The van der Waals surface area contributed by atoms with E-state index in [1.807, 2.05) is 4.57 Å². The zero-order valence-corrected chi connectivity index (χ0v) is 20.9. The van der Waals surface area contributed by atoms with E-state index >= 15 is 0 Å². The van der Waals surface area contributed by atoms with Gasteiger partial charge in [-0.3, -0.25) is 4.79 Å². The summed E-state index contributed by atoms with van der Waals surface area (Å²) in [6.45, 7) is 15.6. The van der Waals surface area contributed by atoms with Crippen LogP contribution < -0.4 is 5.43 Å². The quantitative estimate of drug-likeness (QED) is 0.452. The lowest BCUT2D eigenvalue weighted by molar-refractivity contribution is 0.0218. The van der Waals surface area contributed by atoms with Crippen molar-refractivity contribution in [3.63, 3.8) is 0 Å². The summed E-state index contributed by atoms with van der Waals surface area (Å²) in [5.41, 5.74) is 0.235. The molecule has 3 rings (SSSR count). The van der Waals surface area contributed by atoms with Crippen molar-refractivity contribution >= 4 is 25.3 Å². The fourth-order valence-electron chi connectivity index (χ4n) is 4.18. The van der Waals surface area contributed by atoms with Gasteiger partial charge in [-0.25, -0.2) is 9.78 Å². The molecule has 0 unspecified atom stereocenters. The minimum atomic E-state index is -1.87. The van der Waals surface area contributed by atoms with Crippen LogP contribution in [0.5, 0.6) is 0 Å². The molecule has 0 aromatic carbocycles. The molecule has 2 aromatic rings. The van der Waals surface area contributed by atoms with Gasteiger partial charge in [0.2, 0.25) is 5.43 Å².